The van der Waals surface area contributed by atoms with Crippen molar-refractivity contribution < 1.29 is 0 Å². The van der Waals surface area contributed by atoms with Crippen LogP contribution in [-0.2, 0) is 2.14 Å². The average Bonchev–Trinajstić information content (AvgIpc) is 1.88. The molecule has 1 heterocycles. The van der Waals surface area contributed by atoms with Gasteiger partial charge in [-0.25, -0.2) is 0 Å². The van der Waals surface area contributed by atoms with Crippen LogP contribution in [0.3, 0.4) is 0 Å². The number of hydrogen-bond acceptors (Lipinski definition) is 2. The summed E-state index contributed by atoms with van der Waals surface area (Å²) in [6.07, 6.45) is 1.63. The van der Waals surface area contributed by atoms with Crippen LogP contribution in [0.1, 0.15) is 5.69 Å². The molecule has 0 atom stereocenters. The van der Waals surface area contributed by atoms with Crippen LogP contribution in [0.15, 0.2) is 18.3 Å². The summed E-state index contributed by atoms with van der Waals surface area (Å²) in [5.41, 5.74) is 0.787. The van der Waals surface area contributed by atoms with Gasteiger partial charge in [-0.1, -0.05) is 47.8 Å². The SMILES string of the molecule is BrC(Br)(Br)c1cccnn1. The Kier molecular flexibility index (Phi) is 2.82. The standard InChI is InChI=1S/C5H3Br3N2/c6-5(7,8)4-2-1-3-9-10-4/h1-3H. The molecule has 0 amide bonds. The summed E-state index contributed by atoms with van der Waals surface area (Å²) in [6.45, 7) is 0. The molecule has 2 nitrogen and oxygen atoms in total. The van der Waals surface area contributed by atoms with Crippen molar-refractivity contribution in [1.82, 2.24) is 10.2 Å². The van der Waals surface area contributed by atoms with Crippen LogP contribution >= 0.6 is 47.8 Å². The Labute approximate surface area is 83.8 Å². The van der Waals surface area contributed by atoms with Crippen molar-refractivity contribution in [2.45, 2.75) is 2.14 Å². The predicted octanol–water partition coefficient (Wildman–Crippen LogP) is 2.77. The summed E-state index contributed by atoms with van der Waals surface area (Å²) in [5.74, 6) is 0. The number of hydrogen-bond donors (Lipinski definition) is 0. The van der Waals surface area contributed by atoms with Crippen molar-refractivity contribution >= 4 is 47.8 Å². The monoisotopic (exact) mass is 328 g/mol. The van der Waals surface area contributed by atoms with Gasteiger partial charge in [0.1, 0.15) is 5.69 Å². The van der Waals surface area contributed by atoms with E-state index in [4.69, 9.17) is 0 Å². The highest BCUT2D eigenvalue weighted by atomic mass is 80.0. The molecule has 0 aliphatic heterocycles. The second kappa shape index (κ2) is 3.28. The van der Waals surface area contributed by atoms with Crippen molar-refractivity contribution in [3.63, 3.8) is 0 Å². The maximum atomic E-state index is 3.86. The third-order valence-corrected chi connectivity index (χ3v) is 2.08. The second-order valence-electron chi connectivity index (χ2n) is 1.61. The van der Waals surface area contributed by atoms with E-state index in [-0.39, 0.29) is 0 Å². The van der Waals surface area contributed by atoms with Gasteiger partial charge in [-0.05, 0) is 12.1 Å². The van der Waals surface area contributed by atoms with E-state index in [0.717, 1.165) is 5.69 Å². The molecule has 0 saturated heterocycles. The molecule has 0 radical (unpaired) electrons. The van der Waals surface area contributed by atoms with Crippen LogP contribution in [0.2, 0.25) is 0 Å². The molecule has 10 heavy (non-hydrogen) atoms. The molecule has 0 aromatic carbocycles. The molecule has 0 aliphatic carbocycles. The summed E-state index contributed by atoms with van der Waals surface area (Å²) in [4.78, 5) is 0. The van der Waals surface area contributed by atoms with Crippen LogP contribution in [0.5, 0.6) is 0 Å². The van der Waals surface area contributed by atoms with Crippen LogP contribution in [0.25, 0.3) is 0 Å². The Bertz CT molecular complexity index is 206. The zero-order valence-electron chi connectivity index (χ0n) is 4.76. The molecule has 1 aromatic rings. The van der Waals surface area contributed by atoms with E-state index in [1.807, 2.05) is 12.1 Å². The van der Waals surface area contributed by atoms with E-state index in [2.05, 4.69) is 58.0 Å². The molecule has 54 valence electrons. The lowest BCUT2D eigenvalue weighted by Gasteiger charge is -2.08. The summed E-state index contributed by atoms with van der Waals surface area (Å²) < 4.78 is -0.443. The van der Waals surface area contributed by atoms with Gasteiger partial charge in [0.05, 0.1) is 0 Å². The molecule has 0 unspecified atom stereocenters. The lowest BCUT2D eigenvalue weighted by molar-refractivity contribution is 0.962. The van der Waals surface area contributed by atoms with E-state index in [1.165, 1.54) is 0 Å². The summed E-state index contributed by atoms with van der Waals surface area (Å²) in [5, 5.41) is 7.57. The summed E-state index contributed by atoms with van der Waals surface area (Å²) >= 11 is 9.95. The second-order valence-corrected chi connectivity index (χ2v) is 8.37. The lowest BCUT2D eigenvalue weighted by atomic mass is 10.4. The topological polar surface area (TPSA) is 25.8 Å². The molecule has 1 aromatic heterocycles. The minimum Gasteiger partial charge on any atom is -0.159 e. The van der Waals surface area contributed by atoms with E-state index in [0.29, 0.717) is 0 Å². The van der Waals surface area contributed by atoms with Crippen LogP contribution in [-0.4, -0.2) is 10.2 Å². The molecule has 0 spiro atoms. The Morgan fingerprint density at radius 2 is 2.00 bits per heavy atom. The Hall–Kier alpha value is 0.520. The number of alkyl halides is 3. The first-order valence-corrected chi connectivity index (χ1v) is 4.83. The highest BCUT2D eigenvalue weighted by Crippen LogP contribution is 2.42. The van der Waals surface area contributed by atoms with Gasteiger partial charge in [0.25, 0.3) is 0 Å². The molecule has 0 aliphatic rings. The number of halogens is 3. The quantitative estimate of drug-likeness (QED) is 0.684. The molecular formula is C5H3Br3N2. The Balaban J connectivity index is 2.97. The van der Waals surface area contributed by atoms with Gasteiger partial charge in [0.15, 0.2) is 2.14 Å². The Morgan fingerprint density at radius 1 is 1.30 bits per heavy atom. The van der Waals surface area contributed by atoms with Gasteiger partial charge in [-0.2, -0.15) is 10.2 Å². The third-order valence-electron chi connectivity index (χ3n) is 0.863. The smallest absolute Gasteiger partial charge is 0.159 e. The molecule has 0 saturated carbocycles. The molecule has 0 N–H and O–H groups in total. The van der Waals surface area contributed by atoms with E-state index >= 15 is 0 Å². The van der Waals surface area contributed by atoms with E-state index < -0.39 is 2.14 Å². The van der Waals surface area contributed by atoms with Gasteiger partial charge in [0, 0.05) is 6.20 Å². The predicted molar refractivity (Wildman–Crippen MR) is 50.5 cm³/mol. The van der Waals surface area contributed by atoms with Gasteiger partial charge >= 0.3 is 0 Å². The van der Waals surface area contributed by atoms with Crippen molar-refractivity contribution in [2.75, 3.05) is 0 Å². The molecule has 0 fully saturated rings. The third kappa shape index (κ3) is 2.29. The fourth-order valence-corrected chi connectivity index (χ4v) is 1.09. The molecule has 5 heteroatoms. The van der Waals surface area contributed by atoms with Crippen molar-refractivity contribution in [3.8, 4) is 0 Å². The number of nitrogens with zero attached hydrogens (tertiary/aromatic N) is 2. The first-order valence-electron chi connectivity index (χ1n) is 2.45. The summed E-state index contributed by atoms with van der Waals surface area (Å²) in [7, 11) is 0. The van der Waals surface area contributed by atoms with Crippen molar-refractivity contribution in [1.29, 1.82) is 0 Å². The fourth-order valence-electron chi connectivity index (χ4n) is 0.453. The molecule has 1 rings (SSSR count). The number of aromatic nitrogens is 2. The molecular weight excluding hydrogens is 328 g/mol. The van der Waals surface area contributed by atoms with Crippen molar-refractivity contribution in [2.24, 2.45) is 0 Å². The first-order chi connectivity index (χ1) is 4.61. The van der Waals surface area contributed by atoms with Crippen LogP contribution in [0.4, 0.5) is 0 Å². The van der Waals surface area contributed by atoms with E-state index in [1.54, 1.807) is 6.20 Å². The van der Waals surface area contributed by atoms with Crippen LogP contribution < -0.4 is 0 Å². The zero-order chi connectivity index (χ0) is 7.61. The first kappa shape index (κ1) is 8.62. The van der Waals surface area contributed by atoms with Crippen molar-refractivity contribution in [3.05, 3.63) is 24.0 Å². The largest absolute Gasteiger partial charge is 0.178 e. The maximum absolute atomic E-state index is 3.86. The maximum Gasteiger partial charge on any atom is 0.178 e. The normalized spacial score (nSPS) is 11.5. The van der Waals surface area contributed by atoms with Crippen LogP contribution in [0, 0.1) is 0 Å². The zero-order valence-corrected chi connectivity index (χ0v) is 9.52. The van der Waals surface area contributed by atoms with E-state index in [9.17, 15) is 0 Å². The highest BCUT2D eigenvalue weighted by Gasteiger charge is 2.22. The minimum absolute atomic E-state index is 0.443. The van der Waals surface area contributed by atoms with Gasteiger partial charge in [-0.3, -0.25) is 0 Å². The number of rotatable bonds is 0. The fraction of sp³-hybridized carbons (Fsp3) is 0.200. The lowest BCUT2D eigenvalue weighted by Crippen LogP contribution is -2.01. The Morgan fingerprint density at radius 3 is 2.30 bits per heavy atom. The van der Waals surface area contributed by atoms with Gasteiger partial charge < -0.3 is 0 Å². The minimum atomic E-state index is -0.443. The highest BCUT2D eigenvalue weighted by molar-refractivity contribution is 9.38. The van der Waals surface area contributed by atoms with Gasteiger partial charge in [0.2, 0.25) is 0 Å². The average molecular weight is 331 g/mol. The van der Waals surface area contributed by atoms with Gasteiger partial charge in [-0.15, -0.1) is 0 Å². The molecule has 0 bridgehead atoms. The summed E-state index contributed by atoms with van der Waals surface area (Å²) in [6, 6.07) is 3.67.